The Labute approximate surface area is 198 Å². The number of methoxy groups -OCH3 is 2. The van der Waals surface area contributed by atoms with Crippen LogP contribution in [-0.4, -0.2) is 53.8 Å². The summed E-state index contributed by atoms with van der Waals surface area (Å²) in [6.45, 7) is 5.63. The fraction of sp³-hybridized carbons (Fsp3) is 0.417. The molecule has 4 rings (SSSR count). The minimum atomic E-state index is -0.448. The largest absolute Gasteiger partial charge is 0.495 e. The van der Waals surface area contributed by atoms with Gasteiger partial charge in [-0.3, -0.25) is 19.7 Å². The first-order valence-corrected chi connectivity index (χ1v) is 10.9. The van der Waals surface area contributed by atoms with E-state index < -0.39 is 4.92 Å². The monoisotopic (exact) mass is 470 g/mol. The normalized spacial score (nSPS) is 14.2. The molecule has 0 aromatic heterocycles. The number of nitrogen functional groups attached to an aromatic ring is 1. The van der Waals surface area contributed by atoms with E-state index >= 15 is 0 Å². The van der Waals surface area contributed by atoms with Crippen LogP contribution in [0.1, 0.15) is 36.1 Å². The van der Waals surface area contributed by atoms with E-state index in [0.717, 1.165) is 29.7 Å². The lowest BCUT2D eigenvalue weighted by Crippen LogP contribution is -2.34. The number of amides is 2. The van der Waals surface area contributed by atoms with Gasteiger partial charge in [0.1, 0.15) is 5.75 Å². The molecule has 34 heavy (non-hydrogen) atoms. The number of ether oxygens (including phenoxy) is 2. The van der Waals surface area contributed by atoms with Gasteiger partial charge in [-0.25, -0.2) is 0 Å². The average Bonchev–Trinajstić information content (AvgIpc) is 2.82. The lowest BCUT2D eigenvalue weighted by molar-refractivity contribution is -0.385. The summed E-state index contributed by atoms with van der Waals surface area (Å²) < 4.78 is 10.2. The maximum atomic E-state index is 11.3. The number of nitro benzene ring substituents is 1. The molecule has 0 fully saturated rings. The third-order valence-electron chi connectivity index (χ3n) is 6.16. The van der Waals surface area contributed by atoms with Crippen LogP contribution in [0.25, 0.3) is 0 Å². The minimum absolute atomic E-state index is 0.0120. The Morgan fingerprint density at radius 3 is 1.76 bits per heavy atom. The van der Waals surface area contributed by atoms with E-state index in [1.54, 1.807) is 31.1 Å². The highest BCUT2D eigenvalue weighted by Crippen LogP contribution is 2.33. The van der Waals surface area contributed by atoms with Crippen molar-refractivity contribution >= 4 is 23.2 Å². The summed E-state index contributed by atoms with van der Waals surface area (Å²) in [6, 6.07) is 7.08. The van der Waals surface area contributed by atoms with Gasteiger partial charge in [0.15, 0.2) is 5.75 Å². The van der Waals surface area contributed by atoms with Crippen LogP contribution in [0, 0.1) is 10.1 Å². The van der Waals surface area contributed by atoms with Crippen LogP contribution < -0.4 is 15.2 Å². The summed E-state index contributed by atoms with van der Waals surface area (Å²) in [5, 5.41) is 10.9. The second-order valence-electron chi connectivity index (χ2n) is 8.29. The van der Waals surface area contributed by atoms with E-state index in [2.05, 4.69) is 0 Å². The Hall–Kier alpha value is -3.82. The van der Waals surface area contributed by atoms with Gasteiger partial charge in [-0.1, -0.05) is 0 Å². The molecule has 182 valence electrons. The zero-order valence-corrected chi connectivity index (χ0v) is 19.9. The van der Waals surface area contributed by atoms with Gasteiger partial charge in [0.05, 0.1) is 24.8 Å². The van der Waals surface area contributed by atoms with Crippen molar-refractivity contribution in [3.8, 4) is 11.5 Å². The van der Waals surface area contributed by atoms with Gasteiger partial charge in [-0.2, -0.15) is 0 Å². The molecule has 2 N–H and O–H groups in total. The summed E-state index contributed by atoms with van der Waals surface area (Å²) in [6.07, 6.45) is 1.50. The third-order valence-corrected chi connectivity index (χ3v) is 6.16. The highest BCUT2D eigenvalue weighted by atomic mass is 16.6. The number of carbonyl (C=O) groups excluding carboxylic acids is 2. The molecule has 10 heteroatoms. The van der Waals surface area contributed by atoms with Crippen molar-refractivity contribution in [2.75, 3.05) is 33.0 Å². The third kappa shape index (κ3) is 5.38. The molecule has 2 amide bonds. The van der Waals surface area contributed by atoms with Crippen molar-refractivity contribution in [2.24, 2.45) is 0 Å². The van der Waals surface area contributed by atoms with E-state index in [1.165, 1.54) is 19.6 Å². The number of hydrogen-bond acceptors (Lipinski definition) is 7. The molecule has 0 saturated carbocycles. The maximum Gasteiger partial charge on any atom is 0.311 e. The standard InChI is InChI=1S/C12H14N2O4.C12H16N2O2/c1-8(15)13-4-3-9-5-11(14(16)17)12(18-2)6-10(9)7-13;1-8(15)14-4-3-9-5-11(13)12(16-2)6-10(9)7-14/h5-6H,3-4,7H2,1-2H3;5-6H,3-4,7,13H2,1-2H3. The highest BCUT2D eigenvalue weighted by Gasteiger charge is 2.24. The molecule has 0 saturated heterocycles. The number of hydrogen-bond donors (Lipinski definition) is 1. The van der Waals surface area contributed by atoms with Crippen molar-refractivity contribution in [3.05, 3.63) is 56.6 Å². The maximum absolute atomic E-state index is 11.3. The van der Waals surface area contributed by atoms with Crippen LogP contribution >= 0.6 is 0 Å². The molecule has 2 aliphatic rings. The summed E-state index contributed by atoms with van der Waals surface area (Å²) in [5.74, 6) is 1.05. The van der Waals surface area contributed by atoms with Gasteiger partial charge in [0.25, 0.3) is 0 Å². The number of nitrogens with zero attached hydrogens (tertiary/aromatic N) is 3. The van der Waals surface area contributed by atoms with Crippen molar-refractivity contribution in [1.82, 2.24) is 9.80 Å². The number of benzene rings is 2. The predicted octanol–water partition coefficient (Wildman–Crippen LogP) is 2.69. The van der Waals surface area contributed by atoms with Gasteiger partial charge in [0.2, 0.25) is 11.8 Å². The Kier molecular flexibility index (Phi) is 7.60. The van der Waals surface area contributed by atoms with E-state index in [-0.39, 0.29) is 23.3 Å². The smallest absolute Gasteiger partial charge is 0.311 e. The van der Waals surface area contributed by atoms with Gasteiger partial charge >= 0.3 is 5.69 Å². The van der Waals surface area contributed by atoms with Crippen LogP contribution in [-0.2, 0) is 35.5 Å². The van der Waals surface area contributed by atoms with Crippen LogP contribution in [0.5, 0.6) is 11.5 Å². The Morgan fingerprint density at radius 1 is 0.853 bits per heavy atom. The predicted molar refractivity (Wildman–Crippen MR) is 127 cm³/mol. The van der Waals surface area contributed by atoms with Gasteiger partial charge in [-0.15, -0.1) is 0 Å². The SMILES string of the molecule is COc1cc2c(cc1N)CCN(C(C)=O)C2.COc1cc2c(cc1[N+](=O)[O-])CCN(C(C)=O)C2. The van der Waals surface area contributed by atoms with E-state index in [1.807, 2.05) is 17.0 Å². The Morgan fingerprint density at radius 2 is 1.32 bits per heavy atom. The van der Waals surface area contributed by atoms with Crippen molar-refractivity contribution in [3.63, 3.8) is 0 Å². The molecular formula is C24H30N4O6. The van der Waals surface area contributed by atoms with Crippen LogP contribution in [0.15, 0.2) is 24.3 Å². The van der Waals surface area contributed by atoms with Crippen LogP contribution in [0.4, 0.5) is 11.4 Å². The van der Waals surface area contributed by atoms with Gasteiger partial charge in [-0.05, 0) is 53.3 Å². The molecule has 0 spiro atoms. The van der Waals surface area contributed by atoms with Crippen molar-refractivity contribution in [1.29, 1.82) is 0 Å². The molecule has 2 heterocycles. The molecule has 2 aliphatic heterocycles. The second-order valence-corrected chi connectivity index (χ2v) is 8.29. The van der Waals surface area contributed by atoms with Gasteiger partial charge < -0.3 is 25.0 Å². The molecule has 0 atom stereocenters. The Bertz CT molecular complexity index is 1120. The summed E-state index contributed by atoms with van der Waals surface area (Å²) in [7, 11) is 3.00. The lowest BCUT2D eigenvalue weighted by atomic mass is 9.98. The van der Waals surface area contributed by atoms with E-state index in [0.29, 0.717) is 37.5 Å². The summed E-state index contributed by atoms with van der Waals surface area (Å²) in [4.78, 5) is 36.6. The summed E-state index contributed by atoms with van der Waals surface area (Å²) in [5.41, 5.74) is 10.7. The van der Waals surface area contributed by atoms with Crippen LogP contribution in [0.3, 0.4) is 0 Å². The first kappa shape index (κ1) is 24.8. The van der Waals surface area contributed by atoms with Crippen molar-refractivity contribution in [2.45, 2.75) is 39.8 Å². The first-order valence-electron chi connectivity index (χ1n) is 10.9. The topological polar surface area (TPSA) is 128 Å². The zero-order valence-electron chi connectivity index (χ0n) is 19.9. The van der Waals surface area contributed by atoms with Crippen molar-refractivity contribution < 1.29 is 24.0 Å². The first-order chi connectivity index (χ1) is 16.1. The molecule has 0 unspecified atom stereocenters. The van der Waals surface area contributed by atoms with E-state index in [4.69, 9.17) is 15.2 Å². The number of anilines is 1. The fourth-order valence-electron chi connectivity index (χ4n) is 4.20. The second kappa shape index (κ2) is 10.4. The zero-order chi connectivity index (χ0) is 25.0. The molecule has 10 nitrogen and oxygen atoms in total. The minimum Gasteiger partial charge on any atom is -0.495 e. The van der Waals surface area contributed by atoms with Gasteiger partial charge in [0, 0.05) is 46.1 Å². The number of rotatable bonds is 3. The quantitative estimate of drug-likeness (QED) is 0.415. The molecule has 2 aromatic carbocycles. The van der Waals surface area contributed by atoms with Crippen LogP contribution in [0.2, 0.25) is 0 Å². The molecule has 2 aromatic rings. The highest BCUT2D eigenvalue weighted by molar-refractivity contribution is 5.74. The molecular weight excluding hydrogens is 440 g/mol. The molecule has 0 aliphatic carbocycles. The average molecular weight is 471 g/mol. The Balaban J connectivity index is 0.000000192. The number of nitro groups is 1. The number of nitrogens with two attached hydrogens (primary N) is 1. The number of fused-ring (bicyclic) bond motifs is 2. The lowest BCUT2D eigenvalue weighted by Gasteiger charge is -2.28. The fourth-order valence-corrected chi connectivity index (χ4v) is 4.20. The summed E-state index contributed by atoms with van der Waals surface area (Å²) >= 11 is 0. The number of carbonyl (C=O) groups is 2. The molecule has 0 bridgehead atoms. The van der Waals surface area contributed by atoms with E-state index in [9.17, 15) is 19.7 Å². The molecule has 0 radical (unpaired) electrons.